The predicted octanol–water partition coefficient (Wildman–Crippen LogP) is 3.09. The molecule has 1 saturated heterocycles. The van der Waals surface area contributed by atoms with Gasteiger partial charge in [-0.1, -0.05) is 0 Å². The van der Waals surface area contributed by atoms with Crippen LogP contribution in [-0.2, 0) is 4.79 Å². The molecular formula is C19H23N3O3. The van der Waals surface area contributed by atoms with Gasteiger partial charge in [-0.3, -0.25) is 14.6 Å². The van der Waals surface area contributed by atoms with Gasteiger partial charge in [0, 0.05) is 24.7 Å². The van der Waals surface area contributed by atoms with Crippen molar-refractivity contribution in [3.63, 3.8) is 0 Å². The van der Waals surface area contributed by atoms with Gasteiger partial charge in [-0.2, -0.15) is 0 Å². The zero-order valence-electron chi connectivity index (χ0n) is 14.8. The maximum Gasteiger partial charge on any atom is 0.289 e. The van der Waals surface area contributed by atoms with Crippen LogP contribution in [0.5, 0.6) is 0 Å². The zero-order valence-corrected chi connectivity index (χ0v) is 14.8. The van der Waals surface area contributed by atoms with Gasteiger partial charge in [0.05, 0.1) is 17.6 Å². The Hall–Kier alpha value is -2.63. The number of furan rings is 1. The highest BCUT2D eigenvalue weighted by molar-refractivity contribution is 5.94. The highest BCUT2D eigenvalue weighted by Crippen LogP contribution is 2.24. The number of amides is 2. The molecule has 132 valence electrons. The molecule has 25 heavy (non-hydrogen) atoms. The van der Waals surface area contributed by atoms with Crippen LogP contribution in [0.25, 0.3) is 0 Å². The summed E-state index contributed by atoms with van der Waals surface area (Å²) < 4.78 is 5.16. The van der Waals surface area contributed by atoms with Crippen LogP contribution in [0.15, 0.2) is 28.9 Å². The number of hydrogen-bond acceptors (Lipinski definition) is 4. The Morgan fingerprint density at radius 2 is 1.96 bits per heavy atom. The smallest absolute Gasteiger partial charge is 0.289 e. The summed E-state index contributed by atoms with van der Waals surface area (Å²) in [5.41, 5.74) is 3.59. The summed E-state index contributed by atoms with van der Waals surface area (Å²) in [6, 6.07) is 5.33. The molecule has 0 aliphatic carbocycles. The number of nitrogens with one attached hydrogen (secondary N) is 1. The van der Waals surface area contributed by atoms with Gasteiger partial charge in [-0.05, 0) is 57.4 Å². The van der Waals surface area contributed by atoms with Crippen LogP contribution in [0.2, 0.25) is 0 Å². The molecule has 0 bridgehead atoms. The van der Waals surface area contributed by atoms with Gasteiger partial charge in [0.1, 0.15) is 0 Å². The Balaban J connectivity index is 1.60. The second-order valence-electron chi connectivity index (χ2n) is 6.57. The normalized spacial score (nSPS) is 15.2. The van der Waals surface area contributed by atoms with E-state index in [1.54, 1.807) is 17.0 Å². The maximum atomic E-state index is 12.6. The lowest BCUT2D eigenvalue weighted by Gasteiger charge is -2.31. The summed E-state index contributed by atoms with van der Waals surface area (Å²) in [7, 11) is 0. The number of aryl methyl sites for hydroxylation is 3. The van der Waals surface area contributed by atoms with Crippen molar-refractivity contribution in [1.82, 2.24) is 9.88 Å². The first-order chi connectivity index (χ1) is 12.0. The molecule has 6 nitrogen and oxygen atoms in total. The molecule has 1 N–H and O–H groups in total. The molecule has 1 aliphatic heterocycles. The van der Waals surface area contributed by atoms with E-state index in [4.69, 9.17) is 4.42 Å². The lowest BCUT2D eigenvalue weighted by atomic mass is 9.95. The summed E-state index contributed by atoms with van der Waals surface area (Å²) in [5, 5.41) is 3.02. The lowest BCUT2D eigenvalue weighted by molar-refractivity contribution is -0.121. The highest BCUT2D eigenvalue weighted by atomic mass is 16.3. The number of aromatic nitrogens is 1. The number of hydrogen-bond donors (Lipinski definition) is 1. The molecular weight excluding hydrogens is 318 g/mol. The number of rotatable bonds is 3. The Morgan fingerprint density at radius 1 is 1.24 bits per heavy atom. The van der Waals surface area contributed by atoms with Crippen molar-refractivity contribution in [1.29, 1.82) is 0 Å². The first-order valence-corrected chi connectivity index (χ1v) is 8.54. The minimum atomic E-state index is -0.113. The fourth-order valence-electron chi connectivity index (χ4n) is 3.34. The Morgan fingerprint density at radius 3 is 2.56 bits per heavy atom. The standard InChI is InChI=1S/C19H23N3O3/c1-12-11-13(2)20-14(3)17(12)21-18(23)15-6-8-22(9-7-15)19(24)16-5-4-10-25-16/h4-5,10-11,15H,6-9H2,1-3H3,(H,21,23). The van der Waals surface area contributed by atoms with Crippen LogP contribution in [-0.4, -0.2) is 34.8 Å². The molecule has 1 aliphatic rings. The number of carbonyl (C=O) groups excluding carboxylic acids is 2. The summed E-state index contributed by atoms with van der Waals surface area (Å²) in [6.45, 7) is 6.93. The summed E-state index contributed by atoms with van der Waals surface area (Å²) in [6.07, 6.45) is 2.79. The molecule has 0 atom stereocenters. The fourth-order valence-corrected chi connectivity index (χ4v) is 3.34. The van der Waals surface area contributed by atoms with Gasteiger partial charge in [0.2, 0.25) is 5.91 Å². The van der Waals surface area contributed by atoms with Crippen molar-refractivity contribution in [2.45, 2.75) is 33.6 Å². The van der Waals surface area contributed by atoms with Crippen molar-refractivity contribution in [2.24, 2.45) is 5.92 Å². The number of likely N-dealkylation sites (tertiary alicyclic amines) is 1. The van der Waals surface area contributed by atoms with E-state index in [1.807, 2.05) is 26.8 Å². The van der Waals surface area contributed by atoms with E-state index >= 15 is 0 Å². The van der Waals surface area contributed by atoms with Gasteiger partial charge < -0.3 is 14.6 Å². The number of anilines is 1. The summed E-state index contributed by atoms with van der Waals surface area (Å²) in [4.78, 5) is 31.0. The molecule has 3 heterocycles. The van der Waals surface area contributed by atoms with Crippen LogP contribution in [0, 0.1) is 26.7 Å². The van der Waals surface area contributed by atoms with E-state index in [2.05, 4.69) is 10.3 Å². The third kappa shape index (κ3) is 3.73. The molecule has 0 saturated carbocycles. The Bertz CT molecular complexity index is 752. The fraction of sp³-hybridized carbons (Fsp3) is 0.421. The third-order valence-corrected chi connectivity index (χ3v) is 4.66. The number of pyridine rings is 1. The van der Waals surface area contributed by atoms with Crippen LogP contribution in [0.1, 0.15) is 40.3 Å². The van der Waals surface area contributed by atoms with Crippen molar-refractivity contribution in [3.8, 4) is 0 Å². The average molecular weight is 341 g/mol. The van der Waals surface area contributed by atoms with Crippen molar-refractivity contribution in [3.05, 3.63) is 47.2 Å². The zero-order chi connectivity index (χ0) is 18.0. The van der Waals surface area contributed by atoms with E-state index in [-0.39, 0.29) is 17.7 Å². The topological polar surface area (TPSA) is 75.4 Å². The number of carbonyl (C=O) groups is 2. The van der Waals surface area contributed by atoms with E-state index in [0.29, 0.717) is 31.7 Å². The third-order valence-electron chi connectivity index (χ3n) is 4.66. The first-order valence-electron chi connectivity index (χ1n) is 8.54. The van der Waals surface area contributed by atoms with Crippen LogP contribution >= 0.6 is 0 Å². The molecule has 0 aromatic carbocycles. The van der Waals surface area contributed by atoms with E-state index in [0.717, 1.165) is 22.6 Å². The van der Waals surface area contributed by atoms with E-state index < -0.39 is 0 Å². The monoisotopic (exact) mass is 341 g/mol. The van der Waals surface area contributed by atoms with E-state index in [9.17, 15) is 9.59 Å². The molecule has 1 fully saturated rings. The van der Waals surface area contributed by atoms with Gasteiger partial charge >= 0.3 is 0 Å². The van der Waals surface area contributed by atoms with Crippen LogP contribution in [0.3, 0.4) is 0 Å². The van der Waals surface area contributed by atoms with Gasteiger partial charge in [0.25, 0.3) is 5.91 Å². The molecule has 6 heteroatoms. The van der Waals surface area contributed by atoms with Crippen molar-refractivity contribution in [2.75, 3.05) is 18.4 Å². The van der Waals surface area contributed by atoms with Crippen molar-refractivity contribution >= 4 is 17.5 Å². The van der Waals surface area contributed by atoms with Crippen molar-refractivity contribution < 1.29 is 14.0 Å². The Labute approximate surface area is 147 Å². The second-order valence-corrected chi connectivity index (χ2v) is 6.57. The van der Waals surface area contributed by atoms with Gasteiger partial charge in [-0.15, -0.1) is 0 Å². The van der Waals surface area contributed by atoms with Crippen LogP contribution < -0.4 is 5.32 Å². The first kappa shape index (κ1) is 17.2. The highest BCUT2D eigenvalue weighted by Gasteiger charge is 2.29. The quantitative estimate of drug-likeness (QED) is 0.931. The minimum absolute atomic E-state index is 0.00181. The second kappa shape index (κ2) is 7.09. The predicted molar refractivity (Wildman–Crippen MR) is 94.4 cm³/mol. The average Bonchev–Trinajstić information content (AvgIpc) is 3.12. The number of piperidine rings is 1. The maximum absolute atomic E-state index is 12.6. The number of nitrogens with zero attached hydrogens (tertiary/aromatic N) is 2. The lowest BCUT2D eigenvalue weighted by Crippen LogP contribution is -2.41. The summed E-state index contributed by atoms with van der Waals surface area (Å²) >= 11 is 0. The molecule has 3 rings (SSSR count). The minimum Gasteiger partial charge on any atom is -0.459 e. The Kier molecular flexibility index (Phi) is 4.88. The molecule has 2 aromatic rings. The molecule has 2 aromatic heterocycles. The largest absolute Gasteiger partial charge is 0.459 e. The van der Waals surface area contributed by atoms with Gasteiger partial charge in [-0.25, -0.2) is 0 Å². The molecule has 0 unspecified atom stereocenters. The molecule has 0 spiro atoms. The molecule has 0 radical (unpaired) electrons. The summed E-state index contributed by atoms with van der Waals surface area (Å²) in [5.74, 6) is 0.140. The SMILES string of the molecule is Cc1cc(C)c(NC(=O)C2CCN(C(=O)c3ccco3)CC2)c(C)n1. The van der Waals surface area contributed by atoms with Crippen LogP contribution in [0.4, 0.5) is 5.69 Å². The van der Waals surface area contributed by atoms with E-state index in [1.165, 1.54) is 6.26 Å². The van der Waals surface area contributed by atoms with Gasteiger partial charge in [0.15, 0.2) is 5.76 Å². The molecule has 2 amide bonds.